The number of oxime groups is 1. The molecule has 0 aliphatic heterocycles. The van der Waals surface area contributed by atoms with Gasteiger partial charge in [-0.05, 0) is 18.1 Å². The summed E-state index contributed by atoms with van der Waals surface area (Å²) < 4.78 is 0. The predicted molar refractivity (Wildman–Crippen MR) is 74.7 cm³/mol. The minimum atomic E-state index is -0.470. The number of hydrogen-bond acceptors (Lipinski definition) is 4. The molecule has 20 heavy (non-hydrogen) atoms. The molecule has 1 N–H and O–H groups in total. The quantitative estimate of drug-likeness (QED) is 0.298. The van der Waals surface area contributed by atoms with Crippen LogP contribution in [0.1, 0.15) is 11.1 Å². The third-order valence-corrected chi connectivity index (χ3v) is 2.55. The summed E-state index contributed by atoms with van der Waals surface area (Å²) in [4.78, 5) is 10.1. The van der Waals surface area contributed by atoms with Gasteiger partial charge < -0.3 is 5.21 Å². The van der Waals surface area contributed by atoms with Gasteiger partial charge >= 0.3 is 0 Å². The molecular weight excluding hydrogens is 256 g/mol. The lowest BCUT2D eigenvalue weighted by Gasteiger charge is -1.95. The molecule has 0 radical (unpaired) electrons. The Morgan fingerprint density at radius 3 is 2.30 bits per heavy atom. The molecule has 98 valence electrons. The second-order valence-electron chi connectivity index (χ2n) is 3.87. The fourth-order valence-electron chi connectivity index (χ4n) is 1.55. The van der Waals surface area contributed by atoms with Crippen LogP contribution in [0.25, 0.3) is 0 Å². The minimum Gasteiger partial charge on any atom is -0.410 e. The lowest BCUT2D eigenvalue weighted by Crippen LogP contribution is -1.96. The first-order valence-electron chi connectivity index (χ1n) is 5.74. The molecule has 2 rings (SSSR count). The highest BCUT2D eigenvalue weighted by Gasteiger charge is 2.03. The summed E-state index contributed by atoms with van der Waals surface area (Å²) in [6, 6.07) is 14.9. The highest BCUT2D eigenvalue weighted by atomic mass is 16.6. The van der Waals surface area contributed by atoms with Crippen LogP contribution >= 0.6 is 0 Å². The highest BCUT2D eigenvalue weighted by molar-refractivity contribution is 6.12. The van der Waals surface area contributed by atoms with Crippen molar-refractivity contribution in [1.82, 2.24) is 0 Å². The molecular formula is C15H10N2O3. The van der Waals surface area contributed by atoms with Crippen LogP contribution < -0.4 is 0 Å². The fourth-order valence-corrected chi connectivity index (χ4v) is 1.55. The van der Waals surface area contributed by atoms with Crippen molar-refractivity contribution in [2.45, 2.75) is 0 Å². The van der Waals surface area contributed by atoms with Gasteiger partial charge in [0.1, 0.15) is 0 Å². The summed E-state index contributed by atoms with van der Waals surface area (Å²) in [6.07, 6.45) is 0. The van der Waals surface area contributed by atoms with E-state index >= 15 is 0 Å². The molecule has 0 aromatic heterocycles. The zero-order valence-electron chi connectivity index (χ0n) is 10.4. The van der Waals surface area contributed by atoms with E-state index in [1.807, 2.05) is 18.2 Å². The average molecular weight is 266 g/mol. The lowest BCUT2D eigenvalue weighted by molar-refractivity contribution is -0.384. The van der Waals surface area contributed by atoms with Crippen molar-refractivity contribution in [3.63, 3.8) is 0 Å². The van der Waals surface area contributed by atoms with Gasteiger partial charge in [-0.1, -0.05) is 41.4 Å². The molecule has 0 atom stereocenters. The van der Waals surface area contributed by atoms with Gasteiger partial charge in [0, 0.05) is 23.3 Å². The van der Waals surface area contributed by atoms with Crippen LogP contribution in [-0.2, 0) is 0 Å². The van der Waals surface area contributed by atoms with Crippen LogP contribution in [0.15, 0.2) is 59.8 Å². The molecule has 0 spiro atoms. The molecule has 0 aliphatic carbocycles. The van der Waals surface area contributed by atoms with Crippen LogP contribution in [0.2, 0.25) is 0 Å². The van der Waals surface area contributed by atoms with Crippen molar-refractivity contribution in [3.05, 3.63) is 75.8 Å². The molecule has 0 unspecified atom stereocenters. The molecule has 0 amide bonds. The number of non-ortho nitro benzene ring substituents is 1. The van der Waals surface area contributed by atoms with Crippen LogP contribution in [0.3, 0.4) is 0 Å². The second-order valence-corrected chi connectivity index (χ2v) is 3.87. The maximum Gasteiger partial charge on any atom is 0.269 e. The van der Waals surface area contributed by atoms with Crippen molar-refractivity contribution in [2.24, 2.45) is 5.16 Å². The van der Waals surface area contributed by atoms with Crippen LogP contribution in [0.5, 0.6) is 0 Å². The first-order valence-corrected chi connectivity index (χ1v) is 5.74. The standard InChI is InChI=1S/C15H10N2O3/c18-16-15(13-4-2-1-3-5-13)11-8-12-6-9-14(10-7-12)17(19)20/h1-7,9-10,18H/b16-15-. The lowest BCUT2D eigenvalue weighted by atomic mass is 10.1. The van der Waals surface area contributed by atoms with Gasteiger partial charge in [-0.15, -0.1) is 0 Å². The van der Waals surface area contributed by atoms with E-state index in [-0.39, 0.29) is 11.4 Å². The van der Waals surface area contributed by atoms with Crippen LogP contribution in [0, 0.1) is 22.0 Å². The van der Waals surface area contributed by atoms with Crippen molar-refractivity contribution in [1.29, 1.82) is 0 Å². The van der Waals surface area contributed by atoms with Gasteiger partial charge in [0.05, 0.1) is 4.92 Å². The molecule has 0 bridgehead atoms. The van der Waals surface area contributed by atoms with E-state index in [2.05, 4.69) is 17.0 Å². The molecule has 0 aliphatic rings. The molecule has 5 nitrogen and oxygen atoms in total. The zero-order chi connectivity index (χ0) is 14.4. The largest absolute Gasteiger partial charge is 0.410 e. The first-order chi connectivity index (χ1) is 9.70. The van der Waals surface area contributed by atoms with E-state index < -0.39 is 4.92 Å². The van der Waals surface area contributed by atoms with Crippen LogP contribution in [-0.4, -0.2) is 15.8 Å². The molecule has 2 aromatic rings. The van der Waals surface area contributed by atoms with Crippen molar-refractivity contribution in [2.75, 3.05) is 0 Å². The summed E-state index contributed by atoms with van der Waals surface area (Å²) in [5, 5.41) is 22.7. The molecule has 0 heterocycles. The smallest absolute Gasteiger partial charge is 0.269 e. The molecule has 0 saturated carbocycles. The molecule has 0 fully saturated rings. The number of nitrogens with zero attached hydrogens (tertiary/aromatic N) is 2. The van der Waals surface area contributed by atoms with Crippen LogP contribution in [0.4, 0.5) is 5.69 Å². The highest BCUT2D eigenvalue weighted by Crippen LogP contribution is 2.11. The summed E-state index contributed by atoms with van der Waals surface area (Å²) in [5.74, 6) is 5.53. The van der Waals surface area contributed by atoms with Gasteiger partial charge in [0.25, 0.3) is 5.69 Å². The molecule has 2 aromatic carbocycles. The Labute approximate surface area is 115 Å². The Hall–Kier alpha value is -3.13. The van der Waals surface area contributed by atoms with E-state index in [1.54, 1.807) is 24.3 Å². The molecule has 0 saturated heterocycles. The second kappa shape index (κ2) is 6.16. The first kappa shape index (κ1) is 13.3. The van der Waals surface area contributed by atoms with Gasteiger partial charge in [-0.3, -0.25) is 10.1 Å². The maximum absolute atomic E-state index is 10.5. The summed E-state index contributed by atoms with van der Waals surface area (Å²) in [7, 11) is 0. The van der Waals surface area contributed by atoms with E-state index in [0.29, 0.717) is 11.1 Å². The Bertz CT molecular complexity index is 695. The van der Waals surface area contributed by atoms with Crippen molar-refractivity contribution < 1.29 is 10.1 Å². The molecule has 5 heteroatoms. The van der Waals surface area contributed by atoms with E-state index in [0.717, 1.165) is 0 Å². The normalized spacial score (nSPS) is 10.5. The van der Waals surface area contributed by atoms with Crippen molar-refractivity contribution >= 4 is 11.4 Å². The topological polar surface area (TPSA) is 75.7 Å². The zero-order valence-corrected chi connectivity index (χ0v) is 10.4. The number of rotatable bonds is 2. The summed E-state index contributed by atoms with van der Waals surface area (Å²) in [5.41, 5.74) is 1.55. The Balaban J connectivity index is 2.23. The number of nitro groups is 1. The Morgan fingerprint density at radius 2 is 1.75 bits per heavy atom. The van der Waals surface area contributed by atoms with Gasteiger partial charge in [-0.25, -0.2) is 0 Å². The van der Waals surface area contributed by atoms with E-state index in [4.69, 9.17) is 5.21 Å². The minimum absolute atomic E-state index is 0.00894. The Kier molecular flexibility index (Phi) is 4.10. The fraction of sp³-hybridized carbons (Fsp3) is 0. The van der Waals surface area contributed by atoms with Gasteiger partial charge in [0.2, 0.25) is 0 Å². The predicted octanol–water partition coefficient (Wildman–Crippen LogP) is 2.82. The van der Waals surface area contributed by atoms with Gasteiger partial charge in [0.15, 0.2) is 5.71 Å². The third-order valence-electron chi connectivity index (χ3n) is 2.55. The average Bonchev–Trinajstić information content (AvgIpc) is 2.49. The maximum atomic E-state index is 10.5. The number of nitro benzene ring substituents is 1. The van der Waals surface area contributed by atoms with Gasteiger partial charge in [-0.2, -0.15) is 0 Å². The third kappa shape index (κ3) is 3.21. The van der Waals surface area contributed by atoms with Crippen molar-refractivity contribution in [3.8, 4) is 11.8 Å². The summed E-state index contributed by atoms with van der Waals surface area (Å²) >= 11 is 0. The number of benzene rings is 2. The number of hydrogen-bond donors (Lipinski definition) is 1. The van der Waals surface area contributed by atoms with E-state index in [1.165, 1.54) is 12.1 Å². The summed E-state index contributed by atoms with van der Waals surface area (Å²) in [6.45, 7) is 0. The SMILES string of the molecule is O=[N+]([O-])c1ccc(C#C/C(=N/O)c2ccccc2)cc1. The monoisotopic (exact) mass is 266 g/mol. The van der Waals surface area contributed by atoms with E-state index in [9.17, 15) is 10.1 Å². The Morgan fingerprint density at radius 1 is 1.10 bits per heavy atom.